The van der Waals surface area contributed by atoms with Gasteiger partial charge >= 0.3 is 5.97 Å². The van der Waals surface area contributed by atoms with E-state index in [0.717, 1.165) is 12.0 Å². The first-order valence-electron chi connectivity index (χ1n) is 9.65. The maximum Gasteiger partial charge on any atom is 0.338 e. The molecule has 0 bridgehead atoms. The molecule has 0 saturated carbocycles. The van der Waals surface area contributed by atoms with Crippen molar-refractivity contribution in [1.29, 1.82) is 0 Å². The van der Waals surface area contributed by atoms with Gasteiger partial charge in [0.2, 0.25) is 6.10 Å². The number of hydrazine groups is 1. The van der Waals surface area contributed by atoms with E-state index in [4.69, 9.17) is 14.2 Å². The van der Waals surface area contributed by atoms with Crippen molar-refractivity contribution in [3.63, 3.8) is 0 Å². The van der Waals surface area contributed by atoms with Crippen LogP contribution in [0, 0.1) is 5.92 Å². The highest BCUT2D eigenvalue weighted by molar-refractivity contribution is 5.92. The lowest BCUT2D eigenvalue weighted by molar-refractivity contribution is -0.135. The largest absolute Gasteiger partial charge is 0.485 e. The van der Waals surface area contributed by atoms with E-state index in [-0.39, 0.29) is 6.61 Å². The molecule has 2 aromatic carbocycles. The first-order chi connectivity index (χ1) is 14.4. The van der Waals surface area contributed by atoms with E-state index in [9.17, 15) is 14.4 Å². The maximum absolute atomic E-state index is 12.1. The molecule has 0 fully saturated rings. The Morgan fingerprint density at radius 2 is 1.73 bits per heavy atom. The molecule has 0 saturated heterocycles. The molecule has 8 nitrogen and oxygen atoms in total. The Hall–Kier alpha value is -3.55. The number of hydrogen-bond donors (Lipinski definition) is 2. The molecule has 2 aromatic rings. The Morgan fingerprint density at radius 1 is 1.03 bits per heavy atom. The predicted molar refractivity (Wildman–Crippen MR) is 108 cm³/mol. The van der Waals surface area contributed by atoms with Gasteiger partial charge in [0, 0.05) is 0 Å². The lowest BCUT2D eigenvalue weighted by Crippen LogP contribution is -2.51. The monoisotopic (exact) mass is 412 g/mol. The molecule has 0 unspecified atom stereocenters. The SMILES string of the molecule is CC(C)Cc1ccc(C(=O)OCC(=O)NNC(=O)[C@H]2COc3ccccc3O2)cc1. The first kappa shape index (κ1) is 21.2. The molecular formula is C22H24N2O6. The van der Waals surface area contributed by atoms with Crippen molar-refractivity contribution in [3.05, 3.63) is 59.7 Å². The van der Waals surface area contributed by atoms with Crippen LogP contribution in [-0.4, -0.2) is 37.1 Å². The number of benzene rings is 2. The zero-order valence-electron chi connectivity index (χ0n) is 16.8. The van der Waals surface area contributed by atoms with E-state index in [2.05, 4.69) is 24.7 Å². The molecule has 2 amide bonds. The summed E-state index contributed by atoms with van der Waals surface area (Å²) in [5.41, 5.74) is 5.90. The molecule has 1 aliphatic rings. The molecule has 2 N–H and O–H groups in total. The number of ether oxygens (including phenoxy) is 3. The van der Waals surface area contributed by atoms with Gasteiger partial charge in [-0.15, -0.1) is 0 Å². The lowest BCUT2D eigenvalue weighted by Gasteiger charge is -2.25. The smallest absolute Gasteiger partial charge is 0.338 e. The zero-order valence-corrected chi connectivity index (χ0v) is 16.8. The average molecular weight is 412 g/mol. The van der Waals surface area contributed by atoms with E-state index < -0.39 is 30.5 Å². The van der Waals surface area contributed by atoms with Crippen LogP contribution in [0.2, 0.25) is 0 Å². The molecule has 1 heterocycles. The minimum absolute atomic E-state index is 0.0144. The van der Waals surface area contributed by atoms with Crippen LogP contribution in [0.1, 0.15) is 29.8 Å². The number of carbonyl (C=O) groups excluding carboxylic acids is 3. The Kier molecular flexibility index (Phi) is 6.90. The fourth-order valence-corrected chi connectivity index (χ4v) is 2.86. The number of para-hydroxylation sites is 2. The van der Waals surface area contributed by atoms with Crippen LogP contribution in [0.4, 0.5) is 0 Å². The third-order valence-corrected chi connectivity index (χ3v) is 4.29. The van der Waals surface area contributed by atoms with Gasteiger partial charge in [-0.2, -0.15) is 0 Å². The van der Waals surface area contributed by atoms with Gasteiger partial charge in [-0.1, -0.05) is 38.1 Å². The summed E-state index contributed by atoms with van der Waals surface area (Å²) < 4.78 is 16.0. The standard InChI is InChI=1S/C22H24N2O6/c1-14(2)11-15-7-9-16(10-8-15)22(27)29-13-20(25)23-24-21(26)19-12-28-17-5-3-4-6-18(17)30-19/h3-10,14,19H,11-13H2,1-2H3,(H,23,25)(H,24,26)/t19-/m1/s1. The van der Waals surface area contributed by atoms with Crippen molar-refractivity contribution in [2.24, 2.45) is 5.92 Å². The van der Waals surface area contributed by atoms with Gasteiger partial charge in [0.1, 0.15) is 6.61 Å². The number of fused-ring (bicyclic) bond motifs is 1. The van der Waals surface area contributed by atoms with Gasteiger partial charge in [0.05, 0.1) is 5.56 Å². The minimum atomic E-state index is -0.910. The van der Waals surface area contributed by atoms with Crippen molar-refractivity contribution < 1.29 is 28.6 Å². The van der Waals surface area contributed by atoms with Crippen LogP contribution in [-0.2, 0) is 20.7 Å². The van der Waals surface area contributed by atoms with Gasteiger partial charge in [-0.3, -0.25) is 20.4 Å². The molecule has 8 heteroatoms. The van der Waals surface area contributed by atoms with Gasteiger partial charge in [-0.25, -0.2) is 4.79 Å². The molecule has 0 radical (unpaired) electrons. The summed E-state index contributed by atoms with van der Waals surface area (Å²) in [5, 5.41) is 0. The molecule has 30 heavy (non-hydrogen) atoms. The molecule has 1 aliphatic heterocycles. The van der Waals surface area contributed by atoms with Crippen molar-refractivity contribution >= 4 is 17.8 Å². The summed E-state index contributed by atoms with van der Waals surface area (Å²) in [4.78, 5) is 36.1. The van der Waals surface area contributed by atoms with E-state index in [0.29, 0.717) is 23.0 Å². The van der Waals surface area contributed by atoms with Gasteiger partial charge in [-0.05, 0) is 42.2 Å². The van der Waals surface area contributed by atoms with Gasteiger partial charge < -0.3 is 14.2 Å². The summed E-state index contributed by atoms with van der Waals surface area (Å²) in [6, 6.07) is 14.0. The van der Waals surface area contributed by atoms with Crippen molar-refractivity contribution in [3.8, 4) is 11.5 Å². The summed E-state index contributed by atoms with van der Waals surface area (Å²) in [6.45, 7) is 3.72. The van der Waals surface area contributed by atoms with Crippen molar-refractivity contribution in [2.75, 3.05) is 13.2 Å². The predicted octanol–water partition coefficient (Wildman–Crippen LogP) is 2.03. The summed E-state index contributed by atoms with van der Waals surface area (Å²) in [6.07, 6.45) is 0.00535. The number of amides is 2. The zero-order chi connectivity index (χ0) is 21.5. The van der Waals surface area contributed by atoms with Crippen LogP contribution in [0.15, 0.2) is 48.5 Å². The molecule has 158 valence electrons. The quantitative estimate of drug-likeness (QED) is 0.556. The topological polar surface area (TPSA) is 103 Å². The van der Waals surface area contributed by atoms with Crippen molar-refractivity contribution in [1.82, 2.24) is 10.9 Å². The van der Waals surface area contributed by atoms with E-state index in [1.165, 1.54) is 0 Å². The summed E-state index contributed by atoms with van der Waals surface area (Å²) >= 11 is 0. The molecule has 0 aromatic heterocycles. The van der Waals surface area contributed by atoms with Crippen molar-refractivity contribution in [2.45, 2.75) is 26.4 Å². The molecule has 0 aliphatic carbocycles. The summed E-state index contributed by atoms with van der Waals surface area (Å²) in [5.74, 6) is -0.358. The van der Waals surface area contributed by atoms with Crippen LogP contribution < -0.4 is 20.3 Å². The van der Waals surface area contributed by atoms with Gasteiger partial charge in [0.15, 0.2) is 18.1 Å². The third kappa shape index (κ3) is 5.73. The minimum Gasteiger partial charge on any atom is -0.485 e. The van der Waals surface area contributed by atoms with Crippen LogP contribution in [0.3, 0.4) is 0 Å². The van der Waals surface area contributed by atoms with E-state index in [1.807, 2.05) is 12.1 Å². The number of nitrogens with one attached hydrogen (secondary N) is 2. The fourth-order valence-electron chi connectivity index (χ4n) is 2.86. The van der Waals surface area contributed by atoms with Gasteiger partial charge in [0.25, 0.3) is 11.8 Å². The van der Waals surface area contributed by atoms with E-state index >= 15 is 0 Å². The number of rotatable bonds is 6. The van der Waals surface area contributed by atoms with E-state index in [1.54, 1.807) is 36.4 Å². The Bertz CT molecular complexity index is 910. The second-order valence-corrected chi connectivity index (χ2v) is 7.27. The first-order valence-corrected chi connectivity index (χ1v) is 9.65. The Labute approximate surface area is 174 Å². The highest BCUT2D eigenvalue weighted by Gasteiger charge is 2.27. The third-order valence-electron chi connectivity index (χ3n) is 4.29. The Morgan fingerprint density at radius 3 is 2.43 bits per heavy atom. The second-order valence-electron chi connectivity index (χ2n) is 7.27. The number of esters is 1. The number of hydrogen-bond acceptors (Lipinski definition) is 6. The molecular weight excluding hydrogens is 388 g/mol. The summed E-state index contributed by atoms with van der Waals surface area (Å²) in [7, 11) is 0. The van der Waals surface area contributed by atoms with Crippen LogP contribution in [0.25, 0.3) is 0 Å². The normalized spacial score (nSPS) is 14.7. The molecule has 3 rings (SSSR count). The lowest BCUT2D eigenvalue weighted by atomic mass is 10.0. The molecule has 0 spiro atoms. The average Bonchev–Trinajstić information content (AvgIpc) is 2.75. The fraction of sp³-hybridized carbons (Fsp3) is 0.318. The maximum atomic E-state index is 12.1. The highest BCUT2D eigenvalue weighted by atomic mass is 16.6. The van der Waals surface area contributed by atoms with Crippen LogP contribution in [0.5, 0.6) is 11.5 Å². The Balaban J connectivity index is 1.40. The molecule has 1 atom stereocenters. The number of carbonyl (C=O) groups is 3. The van der Waals surface area contributed by atoms with Crippen LogP contribution >= 0.6 is 0 Å². The second kappa shape index (κ2) is 9.78. The highest BCUT2D eigenvalue weighted by Crippen LogP contribution is 2.30.